The lowest BCUT2D eigenvalue weighted by molar-refractivity contribution is 1.03. The minimum atomic E-state index is 0.527. The third kappa shape index (κ3) is 4.91. The molecule has 0 aliphatic heterocycles. The van der Waals surface area contributed by atoms with Crippen molar-refractivity contribution in [3.05, 3.63) is 70.8 Å². The molecule has 0 heterocycles. The number of benzene rings is 2. The van der Waals surface area contributed by atoms with Gasteiger partial charge in [-0.3, -0.25) is 0 Å². The molecule has 2 rings (SSSR count). The first-order chi connectivity index (χ1) is 9.73. The Hall–Kier alpha value is -2.66. The standard InChI is InChI=1S/C8H12N2.C8H4N2/c2*9-5-7-2-1-3-8(4-7)6-10/h1-4H,5-6,9-10H2;1-4H. The van der Waals surface area contributed by atoms with Crippen molar-refractivity contribution in [3.63, 3.8) is 0 Å². The lowest BCUT2D eigenvalue weighted by atomic mass is 10.1. The Kier molecular flexibility index (Phi) is 6.50. The second-order valence-electron chi connectivity index (χ2n) is 4.03. The first-order valence-corrected chi connectivity index (χ1v) is 6.11. The summed E-state index contributed by atoms with van der Waals surface area (Å²) in [6, 6.07) is 18.5. The highest BCUT2D eigenvalue weighted by molar-refractivity contribution is 5.38. The normalized spacial score (nSPS) is 8.80. The van der Waals surface area contributed by atoms with Gasteiger partial charge in [0.05, 0.1) is 23.3 Å². The molecule has 0 bridgehead atoms. The zero-order valence-corrected chi connectivity index (χ0v) is 11.1. The largest absolute Gasteiger partial charge is 0.326 e. The molecule has 0 radical (unpaired) electrons. The Balaban J connectivity index is 0.000000200. The van der Waals surface area contributed by atoms with Gasteiger partial charge in [0.25, 0.3) is 0 Å². The Labute approximate surface area is 118 Å². The molecule has 20 heavy (non-hydrogen) atoms. The molecule has 4 nitrogen and oxygen atoms in total. The van der Waals surface area contributed by atoms with Crippen LogP contribution in [0.25, 0.3) is 0 Å². The first-order valence-electron chi connectivity index (χ1n) is 6.11. The van der Waals surface area contributed by atoms with E-state index in [1.54, 1.807) is 24.3 Å². The van der Waals surface area contributed by atoms with Crippen molar-refractivity contribution in [2.24, 2.45) is 11.5 Å². The average molecular weight is 264 g/mol. The van der Waals surface area contributed by atoms with Crippen LogP contribution in [0.5, 0.6) is 0 Å². The third-order valence-corrected chi connectivity index (χ3v) is 2.58. The fourth-order valence-electron chi connectivity index (χ4n) is 1.54. The predicted octanol–water partition coefficient (Wildman–Crippen LogP) is 2.03. The van der Waals surface area contributed by atoms with Crippen molar-refractivity contribution >= 4 is 0 Å². The van der Waals surface area contributed by atoms with Crippen molar-refractivity contribution in [2.75, 3.05) is 0 Å². The van der Waals surface area contributed by atoms with Gasteiger partial charge in [0.2, 0.25) is 0 Å². The second-order valence-corrected chi connectivity index (χ2v) is 4.03. The van der Waals surface area contributed by atoms with Crippen molar-refractivity contribution in [2.45, 2.75) is 13.1 Å². The first kappa shape index (κ1) is 15.4. The Bertz CT molecular complexity index is 587. The van der Waals surface area contributed by atoms with Crippen LogP contribution in [0, 0.1) is 22.7 Å². The fraction of sp³-hybridized carbons (Fsp3) is 0.125. The number of nitrogens with two attached hydrogens (primary N) is 2. The van der Waals surface area contributed by atoms with Crippen molar-refractivity contribution in [1.29, 1.82) is 10.5 Å². The number of hydrogen-bond donors (Lipinski definition) is 2. The molecule has 4 N–H and O–H groups in total. The summed E-state index contributed by atoms with van der Waals surface area (Å²) < 4.78 is 0. The third-order valence-electron chi connectivity index (χ3n) is 2.58. The van der Waals surface area contributed by atoms with E-state index in [0.29, 0.717) is 24.2 Å². The molecular weight excluding hydrogens is 248 g/mol. The number of rotatable bonds is 2. The summed E-state index contributed by atoms with van der Waals surface area (Å²) in [4.78, 5) is 0. The molecule has 2 aromatic carbocycles. The van der Waals surface area contributed by atoms with E-state index in [0.717, 1.165) is 11.1 Å². The summed E-state index contributed by atoms with van der Waals surface area (Å²) in [5, 5.41) is 16.8. The molecule has 0 aliphatic rings. The molecule has 0 aliphatic carbocycles. The van der Waals surface area contributed by atoms with Gasteiger partial charge >= 0.3 is 0 Å². The molecule has 0 aromatic heterocycles. The van der Waals surface area contributed by atoms with Crippen molar-refractivity contribution < 1.29 is 0 Å². The van der Waals surface area contributed by atoms with E-state index in [9.17, 15) is 0 Å². The highest BCUT2D eigenvalue weighted by Crippen LogP contribution is 2.02. The monoisotopic (exact) mass is 264 g/mol. The lowest BCUT2D eigenvalue weighted by Gasteiger charge is -1.98. The molecular formula is C16H16N4. The van der Waals surface area contributed by atoms with Crippen LogP contribution >= 0.6 is 0 Å². The van der Waals surface area contributed by atoms with Gasteiger partial charge in [-0.15, -0.1) is 0 Å². The highest BCUT2D eigenvalue weighted by atomic mass is 14.5. The minimum absolute atomic E-state index is 0.527. The van der Waals surface area contributed by atoms with Gasteiger partial charge in [0, 0.05) is 13.1 Å². The quantitative estimate of drug-likeness (QED) is 0.866. The zero-order valence-electron chi connectivity index (χ0n) is 11.1. The topological polar surface area (TPSA) is 99.6 Å². The van der Waals surface area contributed by atoms with E-state index in [-0.39, 0.29) is 0 Å². The molecule has 0 amide bonds. The number of nitriles is 2. The molecule has 2 aromatic rings. The van der Waals surface area contributed by atoms with Crippen LogP contribution in [0.3, 0.4) is 0 Å². The lowest BCUT2D eigenvalue weighted by Crippen LogP contribution is -2.00. The van der Waals surface area contributed by atoms with Gasteiger partial charge in [-0.05, 0) is 29.3 Å². The van der Waals surface area contributed by atoms with E-state index in [2.05, 4.69) is 0 Å². The van der Waals surface area contributed by atoms with Crippen LogP contribution in [0.2, 0.25) is 0 Å². The minimum Gasteiger partial charge on any atom is -0.326 e. The highest BCUT2D eigenvalue weighted by Gasteiger charge is 1.90. The zero-order chi connectivity index (χ0) is 14.8. The average Bonchev–Trinajstić information content (AvgIpc) is 2.55. The molecule has 0 unspecified atom stereocenters. The van der Waals surface area contributed by atoms with Crippen molar-refractivity contribution in [1.82, 2.24) is 0 Å². The van der Waals surface area contributed by atoms with Gasteiger partial charge in [-0.25, -0.2) is 0 Å². The van der Waals surface area contributed by atoms with Crippen LogP contribution in [-0.4, -0.2) is 0 Å². The van der Waals surface area contributed by atoms with E-state index >= 15 is 0 Å². The van der Waals surface area contributed by atoms with Crippen molar-refractivity contribution in [3.8, 4) is 12.1 Å². The smallest absolute Gasteiger partial charge is 0.0992 e. The fourth-order valence-corrected chi connectivity index (χ4v) is 1.54. The maximum absolute atomic E-state index is 8.40. The van der Waals surface area contributed by atoms with Gasteiger partial charge in [-0.1, -0.05) is 30.3 Å². The Morgan fingerprint density at radius 2 is 1.20 bits per heavy atom. The Morgan fingerprint density at radius 1 is 0.750 bits per heavy atom. The maximum Gasteiger partial charge on any atom is 0.0992 e. The summed E-state index contributed by atoms with van der Waals surface area (Å²) >= 11 is 0. The van der Waals surface area contributed by atoms with Gasteiger partial charge in [0.15, 0.2) is 0 Å². The van der Waals surface area contributed by atoms with Crippen LogP contribution in [0.4, 0.5) is 0 Å². The molecule has 100 valence electrons. The van der Waals surface area contributed by atoms with Crippen LogP contribution < -0.4 is 11.5 Å². The second kappa shape index (κ2) is 8.44. The summed E-state index contributed by atoms with van der Waals surface area (Å²) in [5.41, 5.74) is 14.2. The molecule has 0 saturated carbocycles. The predicted molar refractivity (Wildman–Crippen MR) is 78.1 cm³/mol. The summed E-state index contributed by atoms with van der Waals surface area (Å²) in [6.45, 7) is 1.18. The van der Waals surface area contributed by atoms with Gasteiger partial charge in [0.1, 0.15) is 0 Å². The van der Waals surface area contributed by atoms with Gasteiger partial charge < -0.3 is 11.5 Å². The summed E-state index contributed by atoms with van der Waals surface area (Å²) in [5.74, 6) is 0. The van der Waals surface area contributed by atoms with E-state index < -0.39 is 0 Å². The molecule has 0 saturated heterocycles. The van der Waals surface area contributed by atoms with Gasteiger partial charge in [-0.2, -0.15) is 10.5 Å². The Morgan fingerprint density at radius 3 is 1.60 bits per heavy atom. The molecule has 4 heteroatoms. The summed E-state index contributed by atoms with van der Waals surface area (Å²) in [6.07, 6.45) is 0. The summed E-state index contributed by atoms with van der Waals surface area (Å²) in [7, 11) is 0. The molecule has 0 spiro atoms. The van der Waals surface area contributed by atoms with Crippen LogP contribution in [-0.2, 0) is 13.1 Å². The number of hydrogen-bond acceptors (Lipinski definition) is 4. The van der Waals surface area contributed by atoms with E-state index in [1.807, 2.05) is 36.4 Å². The van der Waals surface area contributed by atoms with E-state index in [4.69, 9.17) is 22.0 Å². The maximum atomic E-state index is 8.40. The number of nitrogens with zero attached hydrogens (tertiary/aromatic N) is 2. The molecule has 0 fully saturated rings. The van der Waals surface area contributed by atoms with Crippen LogP contribution in [0.1, 0.15) is 22.3 Å². The van der Waals surface area contributed by atoms with Crippen LogP contribution in [0.15, 0.2) is 48.5 Å². The van der Waals surface area contributed by atoms with E-state index in [1.165, 1.54) is 0 Å². The SMILES string of the molecule is N#Cc1cccc(C#N)c1.NCc1cccc(CN)c1. The molecule has 0 atom stereocenters.